The minimum atomic E-state index is -0.140. The molecule has 0 amide bonds. The van der Waals surface area contributed by atoms with E-state index in [2.05, 4.69) is 22.8 Å². The van der Waals surface area contributed by atoms with Crippen LogP contribution in [0.2, 0.25) is 0 Å². The maximum Gasteiger partial charge on any atom is 0.295 e. The van der Waals surface area contributed by atoms with Crippen LogP contribution < -0.4 is 16.3 Å². The minimum Gasteiger partial charge on any atom is -0.325 e. The highest BCUT2D eigenvalue weighted by molar-refractivity contribution is 7.80. The van der Waals surface area contributed by atoms with Gasteiger partial charge in [-0.05, 0) is 56.5 Å². The van der Waals surface area contributed by atoms with Gasteiger partial charge in [-0.15, -0.1) is 0 Å². The number of benzene rings is 1. The fourth-order valence-corrected chi connectivity index (χ4v) is 3.46. The SMILES string of the molecule is Cc1c(NC(=S)NN=C2CCCC[C@H]2C)c(=O)n(-c2ccccc2)n1C. The van der Waals surface area contributed by atoms with Crippen molar-refractivity contribution in [2.24, 2.45) is 18.1 Å². The lowest BCUT2D eigenvalue weighted by Crippen LogP contribution is -2.30. The van der Waals surface area contributed by atoms with Crippen LogP contribution in [0.4, 0.5) is 5.69 Å². The molecular formula is C19H25N5OS. The zero-order chi connectivity index (χ0) is 18.7. The van der Waals surface area contributed by atoms with Gasteiger partial charge in [0.25, 0.3) is 5.56 Å². The first-order valence-corrected chi connectivity index (χ1v) is 9.37. The summed E-state index contributed by atoms with van der Waals surface area (Å²) in [7, 11) is 1.86. The van der Waals surface area contributed by atoms with Crippen molar-refractivity contribution in [1.29, 1.82) is 0 Å². The molecule has 0 spiro atoms. The third kappa shape index (κ3) is 3.72. The van der Waals surface area contributed by atoms with Crippen LogP contribution in [0.25, 0.3) is 5.69 Å². The third-order valence-electron chi connectivity index (χ3n) is 4.98. The van der Waals surface area contributed by atoms with Crippen LogP contribution in [-0.2, 0) is 7.05 Å². The molecule has 0 unspecified atom stereocenters. The molecule has 1 aromatic heterocycles. The van der Waals surface area contributed by atoms with E-state index in [9.17, 15) is 4.79 Å². The number of aromatic nitrogens is 2. The van der Waals surface area contributed by atoms with Crippen LogP contribution in [0.1, 0.15) is 38.3 Å². The van der Waals surface area contributed by atoms with Crippen molar-refractivity contribution in [1.82, 2.24) is 14.8 Å². The lowest BCUT2D eigenvalue weighted by atomic mass is 9.89. The van der Waals surface area contributed by atoms with Crippen molar-refractivity contribution < 1.29 is 0 Å². The number of hydrogen-bond acceptors (Lipinski definition) is 3. The molecule has 7 heteroatoms. The third-order valence-corrected chi connectivity index (χ3v) is 5.18. The smallest absolute Gasteiger partial charge is 0.295 e. The van der Waals surface area contributed by atoms with Crippen molar-refractivity contribution in [3.05, 3.63) is 46.4 Å². The zero-order valence-electron chi connectivity index (χ0n) is 15.5. The van der Waals surface area contributed by atoms with Crippen molar-refractivity contribution >= 4 is 28.7 Å². The fourth-order valence-electron chi connectivity index (χ4n) is 3.31. The number of thiocarbonyl (C=S) groups is 1. The number of rotatable bonds is 3. The number of hydrazone groups is 1. The summed E-state index contributed by atoms with van der Waals surface area (Å²) < 4.78 is 3.44. The summed E-state index contributed by atoms with van der Waals surface area (Å²) in [6.07, 6.45) is 4.60. The average Bonchev–Trinajstić information content (AvgIpc) is 2.85. The van der Waals surface area contributed by atoms with Gasteiger partial charge < -0.3 is 5.32 Å². The van der Waals surface area contributed by atoms with Gasteiger partial charge in [0.2, 0.25) is 0 Å². The molecule has 2 N–H and O–H groups in total. The van der Waals surface area contributed by atoms with Gasteiger partial charge in [0.05, 0.1) is 11.4 Å². The van der Waals surface area contributed by atoms with E-state index >= 15 is 0 Å². The normalized spacial score (nSPS) is 18.7. The number of para-hydroxylation sites is 1. The molecule has 0 aliphatic heterocycles. The van der Waals surface area contributed by atoms with Gasteiger partial charge in [-0.25, -0.2) is 4.68 Å². The Balaban J connectivity index is 1.79. The van der Waals surface area contributed by atoms with Gasteiger partial charge in [0.15, 0.2) is 5.11 Å². The molecule has 26 heavy (non-hydrogen) atoms. The van der Waals surface area contributed by atoms with Gasteiger partial charge in [0, 0.05) is 12.8 Å². The summed E-state index contributed by atoms with van der Waals surface area (Å²) in [5.41, 5.74) is 5.99. The second-order valence-corrected chi connectivity index (χ2v) is 7.16. The van der Waals surface area contributed by atoms with Gasteiger partial charge in [-0.3, -0.25) is 14.9 Å². The van der Waals surface area contributed by atoms with Crippen LogP contribution in [-0.4, -0.2) is 20.2 Å². The molecule has 0 radical (unpaired) electrons. The van der Waals surface area contributed by atoms with Crippen LogP contribution in [0, 0.1) is 12.8 Å². The molecule has 1 fully saturated rings. The predicted octanol–water partition coefficient (Wildman–Crippen LogP) is 3.34. The maximum atomic E-state index is 12.9. The molecule has 1 aromatic carbocycles. The van der Waals surface area contributed by atoms with E-state index < -0.39 is 0 Å². The molecular weight excluding hydrogens is 346 g/mol. The van der Waals surface area contributed by atoms with Crippen LogP contribution in [0.3, 0.4) is 0 Å². The Morgan fingerprint density at radius 2 is 2.00 bits per heavy atom. The summed E-state index contributed by atoms with van der Waals surface area (Å²) in [4.78, 5) is 12.9. The summed E-state index contributed by atoms with van der Waals surface area (Å²) >= 11 is 5.34. The maximum absolute atomic E-state index is 12.9. The van der Waals surface area contributed by atoms with E-state index in [4.69, 9.17) is 12.2 Å². The Hall–Kier alpha value is -2.41. The first-order chi connectivity index (χ1) is 12.5. The van der Waals surface area contributed by atoms with Gasteiger partial charge in [0.1, 0.15) is 5.69 Å². The topological polar surface area (TPSA) is 63.4 Å². The monoisotopic (exact) mass is 371 g/mol. The largest absolute Gasteiger partial charge is 0.325 e. The average molecular weight is 372 g/mol. The zero-order valence-corrected chi connectivity index (χ0v) is 16.3. The highest BCUT2D eigenvalue weighted by atomic mass is 32.1. The molecule has 1 heterocycles. The van der Waals surface area contributed by atoms with E-state index in [1.807, 2.05) is 49.0 Å². The van der Waals surface area contributed by atoms with Gasteiger partial charge >= 0.3 is 0 Å². The second kappa shape index (κ2) is 7.86. The Kier molecular flexibility index (Phi) is 5.56. The van der Waals surface area contributed by atoms with Gasteiger partial charge in [-0.1, -0.05) is 31.5 Å². The molecule has 1 aliphatic rings. The number of nitrogens with one attached hydrogen (secondary N) is 2. The summed E-state index contributed by atoms with van der Waals surface area (Å²) in [5, 5.41) is 7.81. The first-order valence-electron chi connectivity index (χ1n) is 8.96. The van der Waals surface area contributed by atoms with E-state index in [1.165, 1.54) is 19.3 Å². The van der Waals surface area contributed by atoms with Crippen LogP contribution >= 0.6 is 12.2 Å². The lowest BCUT2D eigenvalue weighted by Gasteiger charge is -2.20. The lowest BCUT2D eigenvalue weighted by molar-refractivity contribution is 0.555. The summed E-state index contributed by atoms with van der Waals surface area (Å²) in [6.45, 7) is 4.08. The van der Waals surface area contributed by atoms with Crippen molar-refractivity contribution in [3.8, 4) is 5.69 Å². The Morgan fingerprint density at radius 3 is 2.69 bits per heavy atom. The summed E-state index contributed by atoms with van der Waals surface area (Å²) in [5.74, 6) is 0.479. The first kappa shape index (κ1) is 18.4. The Bertz CT molecular complexity index is 881. The van der Waals surface area contributed by atoms with Crippen LogP contribution in [0.15, 0.2) is 40.2 Å². The Morgan fingerprint density at radius 1 is 1.27 bits per heavy atom. The molecule has 1 aliphatic carbocycles. The molecule has 0 saturated heterocycles. The molecule has 0 bridgehead atoms. The van der Waals surface area contributed by atoms with Crippen molar-refractivity contribution in [2.45, 2.75) is 39.5 Å². The molecule has 2 aromatic rings. The van der Waals surface area contributed by atoms with Gasteiger partial charge in [-0.2, -0.15) is 5.10 Å². The molecule has 138 valence electrons. The van der Waals surface area contributed by atoms with E-state index in [1.54, 1.807) is 4.68 Å². The number of anilines is 1. The molecule has 6 nitrogen and oxygen atoms in total. The van der Waals surface area contributed by atoms with Crippen LogP contribution in [0.5, 0.6) is 0 Å². The van der Waals surface area contributed by atoms with E-state index in [0.717, 1.165) is 23.5 Å². The fraction of sp³-hybridized carbons (Fsp3) is 0.421. The highest BCUT2D eigenvalue weighted by Gasteiger charge is 2.18. The quantitative estimate of drug-likeness (QED) is 0.642. The van der Waals surface area contributed by atoms with E-state index in [0.29, 0.717) is 16.7 Å². The molecule has 3 rings (SSSR count). The molecule has 1 atom stereocenters. The second-order valence-electron chi connectivity index (χ2n) is 6.75. The Labute approximate surface area is 158 Å². The minimum absolute atomic E-state index is 0.140. The van der Waals surface area contributed by atoms with Crippen molar-refractivity contribution in [3.63, 3.8) is 0 Å². The number of nitrogens with zero attached hydrogens (tertiary/aromatic N) is 3. The highest BCUT2D eigenvalue weighted by Crippen LogP contribution is 2.20. The van der Waals surface area contributed by atoms with E-state index in [-0.39, 0.29) is 5.56 Å². The predicted molar refractivity (Wildman–Crippen MR) is 110 cm³/mol. The number of hydrogen-bond donors (Lipinski definition) is 2. The summed E-state index contributed by atoms with van der Waals surface area (Å²) in [6, 6.07) is 9.54. The molecule has 1 saturated carbocycles. The van der Waals surface area contributed by atoms with Crippen molar-refractivity contribution in [2.75, 3.05) is 5.32 Å². The standard InChI is InChI=1S/C19H25N5OS/c1-13-9-7-8-12-16(13)21-22-19(26)20-17-14(2)23(3)24(18(17)25)15-10-5-4-6-11-15/h4-6,10-11,13H,7-9,12H2,1-3H3,(H2,20,22,26)/t13-/m1/s1.